The third-order valence-corrected chi connectivity index (χ3v) is 15.7. The molecule has 9 aromatic rings. The number of aromatic nitrogens is 3. The SMILES string of the molecule is CC(C)c1ccc(Cl)cn1.CC(C)c1ccc(S(C)(=O)=O)cc1.CC(C)c1cccc(C#N)c1.CC(C)c1cccc(C(N)=O)c1.CC(C)c1ccccc1.CC(C)c1ccccc1Cl.CC(C)c1ccccc1F.CC(C)c1ccccn1.CC(C)c1ncccc1F. The molecule has 8 nitrogen and oxygen atoms in total. The maximum absolute atomic E-state index is 12.8. The molecule has 94 heavy (non-hydrogen) atoms. The van der Waals surface area contributed by atoms with Crippen molar-refractivity contribution in [1.82, 2.24) is 15.0 Å². The Bertz CT molecular complexity index is 3520. The molecule has 504 valence electrons. The third kappa shape index (κ3) is 34.9. The first-order valence-corrected chi connectivity index (χ1v) is 34.7. The van der Waals surface area contributed by atoms with Crippen LogP contribution in [-0.4, -0.2) is 35.5 Å². The minimum absolute atomic E-state index is 0.0995. The van der Waals surface area contributed by atoms with Crippen molar-refractivity contribution in [1.29, 1.82) is 5.26 Å². The molecule has 1 amide bonds. The number of hydrogen-bond acceptors (Lipinski definition) is 7. The number of carbonyl (C=O) groups is 1. The Morgan fingerprint density at radius 2 is 0.894 bits per heavy atom. The second-order valence-electron chi connectivity index (χ2n) is 24.9. The fourth-order valence-corrected chi connectivity index (χ4v) is 9.21. The number of nitrogens with two attached hydrogens (primary N) is 1. The molecule has 9 rings (SSSR count). The molecule has 0 aliphatic heterocycles. The molecule has 0 bridgehead atoms. The van der Waals surface area contributed by atoms with Gasteiger partial charge < -0.3 is 5.73 Å². The summed E-state index contributed by atoms with van der Waals surface area (Å²) in [4.78, 5) is 23.4. The average molecular weight is 1340 g/mol. The van der Waals surface area contributed by atoms with Crippen molar-refractivity contribution in [2.24, 2.45) is 5.73 Å². The summed E-state index contributed by atoms with van der Waals surface area (Å²) < 4.78 is 47.8. The molecule has 0 unspecified atom stereocenters. The highest BCUT2D eigenvalue weighted by Gasteiger charge is 2.09. The van der Waals surface area contributed by atoms with Crippen molar-refractivity contribution in [3.63, 3.8) is 0 Å². The molecular weight excluding hydrogens is 1230 g/mol. The number of pyridine rings is 3. The van der Waals surface area contributed by atoms with Gasteiger partial charge in [0.2, 0.25) is 5.91 Å². The second kappa shape index (κ2) is 45.4. The van der Waals surface area contributed by atoms with E-state index in [1.165, 1.54) is 35.1 Å². The molecule has 0 spiro atoms. The number of nitrogens with zero attached hydrogens (tertiary/aromatic N) is 4. The lowest BCUT2D eigenvalue weighted by Gasteiger charge is -2.05. The molecule has 0 saturated heterocycles. The molecule has 0 atom stereocenters. The smallest absolute Gasteiger partial charge is 0.248 e. The lowest BCUT2D eigenvalue weighted by atomic mass is 10.0. The molecule has 2 N–H and O–H groups in total. The van der Waals surface area contributed by atoms with E-state index in [1.807, 2.05) is 155 Å². The van der Waals surface area contributed by atoms with Crippen molar-refractivity contribution < 1.29 is 22.0 Å². The highest BCUT2D eigenvalue weighted by Crippen LogP contribution is 2.24. The molecule has 0 aliphatic rings. The Labute approximate surface area is 574 Å². The first-order valence-electron chi connectivity index (χ1n) is 32.1. The summed E-state index contributed by atoms with van der Waals surface area (Å²) >= 11 is 11.6. The van der Waals surface area contributed by atoms with Crippen LogP contribution in [0.2, 0.25) is 10.0 Å². The van der Waals surface area contributed by atoms with Crippen LogP contribution in [0, 0.1) is 23.0 Å². The Morgan fingerprint density at radius 3 is 1.28 bits per heavy atom. The zero-order valence-electron chi connectivity index (χ0n) is 58.9. The predicted molar refractivity (Wildman–Crippen MR) is 394 cm³/mol. The van der Waals surface area contributed by atoms with Crippen LogP contribution >= 0.6 is 23.2 Å². The van der Waals surface area contributed by atoms with E-state index in [4.69, 9.17) is 34.2 Å². The minimum atomic E-state index is -3.05. The van der Waals surface area contributed by atoms with Gasteiger partial charge in [-0.1, -0.05) is 257 Å². The molecule has 0 saturated carbocycles. The van der Waals surface area contributed by atoms with Crippen LogP contribution in [0.25, 0.3) is 0 Å². The maximum Gasteiger partial charge on any atom is 0.248 e. The lowest BCUT2D eigenvalue weighted by molar-refractivity contribution is 0.1000. The van der Waals surface area contributed by atoms with Crippen molar-refractivity contribution in [3.8, 4) is 6.07 Å². The minimum Gasteiger partial charge on any atom is -0.366 e. The number of carbonyl (C=O) groups excluding carboxylic acids is 1. The van der Waals surface area contributed by atoms with Crippen molar-refractivity contribution in [2.45, 2.75) is 183 Å². The molecule has 0 radical (unpaired) electrons. The predicted octanol–water partition coefficient (Wildman–Crippen LogP) is 23.4. The van der Waals surface area contributed by atoms with Gasteiger partial charge in [-0.25, -0.2) is 17.2 Å². The highest BCUT2D eigenvalue weighted by molar-refractivity contribution is 7.90. The largest absolute Gasteiger partial charge is 0.366 e. The fourth-order valence-electron chi connectivity index (χ4n) is 8.11. The van der Waals surface area contributed by atoms with E-state index >= 15 is 0 Å². The summed E-state index contributed by atoms with van der Waals surface area (Å²) in [7, 11) is -3.05. The zero-order valence-corrected chi connectivity index (χ0v) is 61.2. The number of rotatable bonds is 11. The lowest BCUT2D eigenvalue weighted by Crippen LogP contribution is -2.11. The van der Waals surface area contributed by atoms with Crippen LogP contribution in [0.1, 0.15) is 244 Å². The van der Waals surface area contributed by atoms with Gasteiger partial charge in [0.15, 0.2) is 9.84 Å². The summed E-state index contributed by atoms with van der Waals surface area (Å²) in [5.41, 5.74) is 16.2. The Morgan fingerprint density at radius 1 is 0.436 bits per heavy atom. The third-order valence-electron chi connectivity index (χ3n) is 14.0. The van der Waals surface area contributed by atoms with Crippen molar-refractivity contribution >= 4 is 38.9 Å². The standard InChI is InChI=1S/C10H13NO.C10H11N.C10H14O2S.C9H11Cl.C9H11F.C9H12.C8H10ClN.C8H10FN.C8H11N/c1-7(2)8-4-3-5-9(6-8)10(11)12;1-8(2)10-5-3-4-9(6-10)7-11;1-8(2)9-4-6-10(7-5-9)13(3,11)12;2*1-7(2)8-5-3-4-6-9(8)10;1-8(2)9-6-4-3-5-7-9;1-6(2)8-4-3-7(9)5-10-8;1-6(2)8-7(9)4-3-5-10-8;1-7(2)8-5-3-4-6-9-8/h3-7H,1-2H3,(H2,11,12);3-6,8H,1-2H3;4-8H,1-3H3;2*3-7H,1-2H3;3-8H,1-2H3;2*3-6H,1-2H3;3-7H,1-2H3. The summed E-state index contributed by atoms with van der Waals surface area (Å²) in [5, 5.41) is 10.2. The molecule has 6 aromatic carbocycles. The van der Waals surface area contributed by atoms with Crippen LogP contribution in [-0.2, 0) is 9.84 Å². The molecular formula is C81H103Cl2F2N5O3S. The van der Waals surface area contributed by atoms with Crippen LogP contribution in [0.3, 0.4) is 0 Å². The van der Waals surface area contributed by atoms with Gasteiger partial charge in [-0.05, 0) is 172 Å². The molecule has 13 heteroatoms. The first kappa shape index (κ1) is 84.1. The van der Waals surface area contributed by atoms with Gasteiger partial charge >= 0.3 is 0 Å². The normalized spacial score (nSPS) is 10.5. The molecule has 3 heterocycles. The number of amides is 1. The number of nitriles is 1. The Kier molecular flexibility index (Phi) is 40.7. The topological polar surface area (TPSA) is 140 Å². The summed E-state index contributed by atoms with van der Waals surface area (Å²) in [6, 6.07) is 62.5. The van der Waals surface area contributed by atoms with Gasteiger partial charge in [-0.2, -0.15) is 5.26 Å². The van der Waals surface area contributed by atoms with Crippen LogP contribution in [0.4, 0.5) is 8.78 Å². The van der Waals surface area contributed by atoms with Crippen molar-refractivity contribution in [2.75, 3.05) is 6.26 Å². The van der Waals surface area contributed by atoms with Gasteiger partial charge in [-0.3, -0.25) is 19.7 Å². The van der Waals surface area contributed by atoms with Gasteiger partial charge in [0.25, 0.3) is 0 Å². The quantitative estimate of drug-likeness (QED) is 0.136. The summed E-state index contributed by atoms with van der Waals surface area (Å²) in [6.07, 6.45) is 6.34. The number of sulfone groups is 1. The van der Waals surface area contributed by atoms with E-state index in [1.54, 1.807) is 42.7 Å². The monoisotopic (exact) mass is 1330 g/mol. The van der Waals surface area contributed by atoms with Crippen LogP contribution in [0.5, 0.6) is 0 Å². The number of halogens is 4. The van der Waals surface area contributed by atoms with Crippen LogP contribution < -0.4 is 5.73 Å². The molecule has 0 fully saturated rings. The number of hydrogen-bond donors (Lipinski definition) is 1. The van der Waals surface area contributed by atoms with Crippen LogP contribution in [0.15, 0.2) is 218 Å². The second-order valence-corrected chi connectivity index (χ2v) is 27.8. The van der Waals surface area contributed by atoms with Crippen molar-refractivity contribution in [3.05, 3.63) is 296 Å². The van der Waals surface area contributed by atoms with Gasteiger partial charge in [-0.15, -0.1) is 0 Å². The van der Waals surface area contributed by atoms with E-state index in [0.29, 0.717) is 62.6 Å². The van der Waals surface area contributed by atoms with E-state index in [0.717, 1.165) is 38.7 Å². The maximum atomic E-state index is 12.8. The van der Waals surface area contributed by atoms with Gasteiger partial charge in [0.05, 0.1) is 27.2 Å². The Balaban J connectivity index is 0.000000530. The molecule has 0 aliphatic carbocycles. The first-order chi connectivity index (χ1) is 44.2. The average Bonchev–Trinajstić information content (AvgIpc) is 1.63. The molecule has 3 aromatic heterocycles. The summed E-state index contributed by atoms with van der Waals surface area (Å²) in [6.45, 7) is 37.6. The number of primary amides is 1. The summed E-state index contributed by atoms with van der Waals surface area (Å²) in [5.74, 6) is 3.36. The Hall–Kier alpha value is -7.88. The van der Waals surface area contributed by atoms with E-state index < -0.39 is 9.84 Å². The van der Waals surface area contributed by atoms with E-state index in [9.17, 15) is 22.0 Å². The fraction of sp³-hybridized carbons (Fsp3) is 0.346. The van der Waals surface area contributed by atoms with E-state index in [-0.39, 0.29) is 29.4 Å². The van der Waals surface area contributed by atoms with Gasteiger partial charge in [0.1, 0.15) is 11.6 Å². The zero-order chi connectivity index (χ0) is 71.1. The highest BCUT2D eigenvalue weighted by atomic mass is 35.5. The number of benzene rings is 6. The van der Waals surface area contributed by atoms with Gasteiger partial charge in [0, 0.05) is 46.8 Å². The van der Waals surface area contributed by atoms with E-state index in [2.05, 4.69) is 148 Å².